The predicted octanol–water partition coefficient (Wildman–Crippen LogP) is 11.0. The molecule has 0 bridgehead atoms. The van der Waals surface area contributed by atoms with Gasteiger partial charge in [-0.3, -0.25) is 19.2 Å². The summed E-state index contributed by atoms with van der Waals surface area (Å²) in [5, 5.41) is 14.0. The Balaban J connectivity index is 0.000000227. The van der Waals surface area contributed by atoms with Crippen LogP contribution in [-0.4, -0.2) is 124 Å². The number of ketones is 2. The number of carboxylic acid groups (broad SMARTS) is 1. The Morgan fingerprint density at radius 3 is 1.18 bits per heavy atom. The average Bonchev–Trinajstić information content (AvgIpc) is 1.64. The molecule has 468 valence electrons. The number of ether oxygens (including phenoxy) is 6. The third-order valence-electron chi connectivity index (χ3n) is 13.6. The second kappa shape index (κ2) is 34.7. The van der Waals surface area contributed by atoms with E-state index in [1.165, 1.54) is 55.7 Å². The smallest absolute Gasteiger partial charge is 0.431 e. The molecule has 0 aromatic heterocycles. The van der Waals surface area contributed by atoms with Gasteiger partial charge in [0, 0.05) is 42.7 Å². The van der Waals surface area contributed by atoms with Crippen molar-refractivity contribution in [2.75, 3.05) is 47.8 Å². The number of terminal acetylenes is 2. The van der Waals surface area contributed by atoms with Crippen molar-refractivity contribution >= 4 is 35.6 Å². The van der Waals surface area contributed by atoms with E-state index in [9.17, 15) is 28.8 Å². The molecule has 6 aromatic rings. The molecule has 3 amide bonds. The van der Waals surface area contributed by atoms with Crippen LogP contribution in [0.3, 0.4) is 0 Å². The highest BCUT2D eigenvalue weighted by atomic mass is 16.7. The Kier molecular flexibility index (Phi) is 27.3. The monoisotopic (exact) mass is 1220 g/mol. The second-order valence-electron chi connectivity index (χ2n) is 22.4. The second-order valence-corrected chi connectivity index (χ2v) is 22.4. The Labute approximate surface area is 527 Å². The van der Waals surface area contributed by atoms with Gasteiger partial charge in [-0.15, -0.1) is 12.8 Å². The number of methoxy groups -OCH3 is 2. The van der Waals surface area contributed by atoms with Crippen LogP contribution in [0.2, 0.25) is 0 Å². The lowest BCUT2D eigenvalue weighted by molar-refractivity contribution is -0.133. The summed E-state index contributed by atoms with van der Waals surface area (Å²) < 4.78 is 32.4. The first-order valence-electron chi connectivity index (χ1n) is 28.8. The van der Waals surface area contributed by atoms with Gasteiger partial charge in [-0.1, -0.05) is 109 Å². The van der Waals surface area contributed by atoms with E-state index < -0.39 is 53.6 Å². The normalized spacial score (nSPS) is 12.9. The quantitative estimate of drug-likeness (QED) is 0.0438. The lowest BCUT2D eigenvalue weighted by atomic mass is 9.98. The van der Waals surface area contributed by atoms with Crippen molar-refractivity contribution in [3.8, 4) is 70.6 Å². The van der Waals surface area contributed by atoms with Gasteiger partial charge in [0.2, 0.25) is 0 Å². The molecule has 2 aliphatic carbocycles. The molecule has 8 rings (SSSR count). The molecule has 0 unspecified atom stereocenters. The Hall–Kier alpha value is -9.82. The molecule has 0 spiro atoms. The summed E-state index contributed by atoms with van der Waals surface area (Å²) in [4.78, 5) is 76.4. The van der Waals surface area contributed by atoms with Gasteiger partial charge >= 0.3 is 18.2 Å². The number of carbonyl (C=O) groups is 6. The first kappa shape index (κ1) is 70.9. The van der Waals surface area contributed by atoms with Gasteiger partial charge in [0.25, 0.3) is 5.91 Å². The summed E-state index contributed by atoms with van der Waals surface area (Å²) >= 11 is 0. The Morgan fingerprint density at radius 2 is 0.844 bits per heavy atom. The van der Waals surface area contributed by atoms with E-state index in [4.69, 9.17) is 46.4 Å². The average molecular weight is 1220 g/mol. The largest absolute Gasteiger partial charge is 0.478 e. The first-order valence-corrected chi connectivity index (χ1v) is 28.8. The number of hydrogen-bond acceptors (Lipinski definition) is 13. The SMILES string of the molecule is C#CC#Cc1ccc(C(=O)N[C@H](C(=O)COC)[C@@H](C)OC(C)(C)C)cc1.C#CC#Cc1ccc(C(=O)O)cc1.COCC(=O)[C@@H](NC(=O)OCC1c2ccccc2-c2ccccc21)[C@@H](C)OC(C)(C)C.CONC(=O)OCC1c2ccccc2-c2ccccc21. The number of alkyl carbamates (subject to hydrolysis) is 1. The lowest BCUT2D eigenvalue weighted by Gasteiger charge is -2.30. The molecule has 0 aliphatic heterocycles. The van der Waals surface area contributed by atoms with Crippen molar-refractivity contribution in [3.63, 3.8) is 0 Å². The van der Waals surface area contributed by atoms with Crippen LogP contribution in [0, 0.1) is 48.4 Å². The third kappa shape index (κ3) is 21.5. The van der Waals surface area contributed by atoms with E-state index >= 15 is 0 Å². The summed E-state index contributed by atoms with van der Waals surface area (Å²) in [6.07, 6.45) is 7.75. The number of hydrogen-bond donors (Lipinski definition) is 4. The molecule has 6 aromatic carbocycles. The van der Waals surface area contributed by atoms with Gasteiger partial charge in [0.05, 0.1) is 36.1 Å². The highest BCUT2D eigenvalue weighted by molar-refractivity contribution is 5.98. The molecule has 0 fully saturated rings. The number of fused-ring (bicyclic) bond motifs is 6. The number of carboxylic acids is 1. The summed E-state index contributed by atoms with van der Waals surface area (Å²) in [5.74, 6) is 13.0. The van der Waals surface area contributed by atoms with Gasteiger partial charge in [-0.05, 0) is 172 Å². The van der Waals surface area contributed by atoms with E-state index in [2.05, 4.69) is 105 Å². The molecule has 0 saturated carbocycles. The van der Waals surface area contributed by atoms with E-state index in [-0.39, 0.29) is 54.7 Å². The maximum Gasteiger partial charge on any atom is 0.431 e. The molecular formula is C73H77N3O14. The Bertz CT molecular complexity index is 3570. The minimum Gasteiger partial charge on any atom is -0.478 e. The standard InChI is InChI=1S/C25H31NO5.C21H25NO4.C16H15NO3.C11H6O2/c1-16(31-25(2,3)4)23(22(27)15-29-5)26-24(28)30-14-21-19-12-8-6-10-17(19)18-11-7-9-13-20(18)21;1-7-8-9-16-10-12-17(13-11-16)20(24)22-19(18(23)14-25-6)15(2)26-21(3,4)5;1-19-17-16(18)20-10-15-13-8-4-2-6-11(13)12-7-3-5-9-14(12)15;1-2-3-4-9-5-7-10(8-6-9)11(12)13/h6-13,16,21,23H,14-15H2,1-5H3,(H,26,28);1,10-13,15,19H,14H2,2-6H3,(H,22,24);2-9,15H,10H2,1H3,(H,17,18);1,5-8H,(H,12,13)/t16-,23+;15-,19+;;/m11../s1. The Morgan fingerprint density at radius 1 is 0.500 bits per heavy atom. The number of Topliss-reactive ketones (excluding diaryl/α,β-unsaturated/α-hetero) is 2. The zero-order chi connectivity index (χ0) is 66.0. The fourth-order valence-electron chi connectivity index (χ4n) is 9.96. The number of benzene rings is 6. The van der Waals surface area contributed by atoms with E-state index in [1.54, 1.807) is 50.2 Å². The van der Waals surface area contributed by atoms with Crippen LogP contribution in [-0.2, 0) is 42.8 Å². The molecule has 17 heteroatoms. The number of rotatable bonds is 19. The summed E-state index contributed by atoms with van der Waals surface area (Å²) in [6, 6.07) is 43.9. The zero-order valence-corrected chi connectivity index (χ0v) is 52.6. The zero-order valence-electron chi connectivity index (χ0n) is 52.6. The number of carbonyl (C=O) groups excluding carboxylic acids is 5. The van der Waals surface area contributed by atoms with Crippen molar-refractivity contribution in [1.82, 2.24) is 16.1 Å². The third-order valence-corrected chi connectivity index (χ3v) is 13.6. The van der Waals surface area contributed by atoms with Gasteiger partial charge in [0.15, 0.2) is 11.6 Å². The van der Waals surface area contributed by atoms with E-state index in [0.717, 1.165) is 22.3 Å². The van der Waals surface area contributed by atoms with Gasteiger partial charge in [0.1, 0.15) is 38.5 Å². The molecule has 2 aliphatic rings. The van der Waals surface area contributed by atoms with E-state index in [0.29, 0.717) is 23.3 Å². The first-order chi connectivity index (χ1) is 42.9. The van der Waals surface area contributed by atoms with Crippen LogP contribution in [0.4, 0.5) is 9.59 Å². The summed E-state index contributed by atoms with van der Waals surface area (Å²) in [7, 11) is 4.25. The number of hydroxylamine groups is 1. The van der Waals surface area contributed by atoms with Crippen molar-refractivity contribution in [1.29, 1.82) is 0 Å². The predicted molar refractivity (Wildman–Crippen MR) is 344 cm³/mol. The number of amides is 3. The van der Waals surface area contributed by atoms with Gasteiger partial charge in [-0.2, -0.15) is 5.48 Å². The number of nitrogens with one attached hydrogen (secondary N) is 3. The molecule has 4 N–H and O–H groups in total. The van der Waals surface area contributed by atoms with Crippen LogP contribution < -0.4 is 16.1 Å². The maximum atomic E-state index is 12.6. The van der Waals surface area contributed by atoms with Gasteiger partial charge < -0.3 is 44.2 Å². The molecule has 90 heavy (non-hydrogen) atoms. The summed E-state index contributed by atoms with van der Waals surface area (Å²) in [6.45, 7) is 15.1. The van der Waals surface area contributed by atoms with Crippen molar-refractivity contribution in [3.05, 3.63) is 190 Å². The number of aromatic carboxylic acids is 1. The lowest BCUT2D eigenvalue weighted by Crippen LogP contribution is -2.51. The van der Waals surface area contributed by atoms with Crippen LogP contribution >= 0.6 is 0 Å². The van der Waals surface area contributed by atoms with Gasteiger partial charge in [-0.25, -0.2) is 14.4 Å². The van der Waals surface area contributed by atoms with Crippen molar-refractivity contribution < 1.29 is 67.1 Å². The fraction of sp³-hybridized carbons (Fsp3) is 0.315. The van der Waals surface area contributed by atoms with Crippen LogP contribution in [0.15, 0.2) is 146 Å². The summed E-state index contributed by atoms with van der Waals surface area (Å²) in [5.41, 5.74) is 12.7. The maximum absolute atomic E-state index is 12.6. The fourth-order valence-corrected chi connectivity index (χ4v) is 9.96. The molecule has 0 radical (unpaired) electrons. The minimum absolute atomic E-state index is 0.0467. The van der Waals surface area contributed by atoms with Crippen molar-refractivity contribution in [2.45, 2.75) is 103 Å². The highest BCUT2D eigenvalue weighted by Gasteiger charge is 2.34. The van der Waals surface area contributed by atoms with Crippen LogP contribution in [0.1, 0.15) is 121 Å². The molecule has 0 saturated heterocycles. The van der Waals surface area contributed by atoms with Crippen LogP contribution in [0.5, 0.6) is 0 Å². The molecular weight excluding hydrogens is 1140 g/mol. The highest BCUT2D eigenvalue weighted by Crippen LogP contribution is 2.45. The molecule has 17 nitrogen and oxygen atoms in total. The van der Waals surface area contributed by atoms with Crippen LogP contribution in [0.25, 0.3) is 22.3 Å². The van der Waals surface area contributed by atoms with E-state index in [1.807, 2.05) is 90.1 Å². The molecule has 0 heterocycles. The minimum atomic E-state index is -0.948. The topological polar surface area (TPSA) is 223 Å². The van der Waals surface area contributed by atoms with Crippen molar-refractivity contribution in [2.24, 2.45) is 0 Å². The molecule has 4 atom stereocenters.